The third-order valence-electron chi connectivity index (χ3n) is 4.01. The summed E-state index contributed by atoms with van der Waals surface area (Å²) in [4.78, 5) is 5.27. The van der Waals surface area contributed by atoms with Crippen molar-refractivity contribution >= 4 is 22.9 Å². The van der Waals surface area contributed by atoms with Crippen LogP contribution in [-0.2, 0) is 0 Å². The van der Waals surface area contributed by atoms with Crippen LogP contribution >= 0.6 is 12.2 Å². The van der Waals surface area contributed by atoms with Crippen LogP contribution < -0.4 is 10.6 Å². The molecule has 1 aliphatic rings. The average molecular weight is 277 g/mol. The Bertz CT molecular complexity index is 472. The van der Waals surface area contributed by atoms with Crippen LogP contribution in [0.3, 0.4) is 0 Å². The fraction of sp³-hybridized carbons (Fsp3) is 0.533. The molecule has 1 fully saturated rings. The first kappa shape index (κ1) is 14.3. The molecule has 3 nitrogen and oxygen atoms in total. The molecule has 1 heterocycles. The van der Waals surface area contributed by atoms with Crippen LogP contribution in [0.1, 0.15) is 24.0 Å². The van der Waals surface area contributed by atoms with Gasteiger partial charge in [0.05, 0.1) is 0 Å². The second-order valence-electron chi connectivity index (χ2n) is 5.53. The molecule has 0 aromatic heterocycles. The van der Waals surface area contributed by atoms with E-state index < -0.39 is 0 Å². The number of hydrogen-bond donors (Lipinski definition) is 1. The van der Waals surface area contributed by atoms with Gasteiger partial charge in [-0.3, -0.25) is 0 Å². The van der Waals surface area contributed by atoms with E-state index in [0.717, 1.165) is 12.1 Å². The lowest BCUT2D eigenvalue weighted by atomic mass is 10.0. The van der Waals surface area contributed by atoms with Crippen LogP contribution in [0.15, 0.2) is 18.2 Å². The normalized spacial score (nSPS) is 20.3. The second kappa shape index (κ2) is 5.88. The maximum atomic E-state index is 5.68. The van der Waals surface area contributed by atoms with Gasteiger partial charge in [-0.15, -0.1) is 0 Å². The molecule has 1 unspecified atom stereocenters. The first-order valence-electron chi connectivity index (χ1n) is 6.81. The van der Waals surface area contributed by atoms with Gasteiger partial charge < -0.3 is 15.5 Å². The zero-order chi connectivity index (χ0) is 14.0. The highest BCUT2D eigenvalue weighted by molar-refractivity contribution is 7.80. The Morgan fingerprint density at radius 2 is 2.21 bits per heavy atom. The number of rotatable bonds is 3. The molecule has 1 aliphatic heterocycles. The molecule has 19 heavy (non-hydrogen) atoms. The van der Waals surface area contributed by atoms with Crippen LogP contribution in [0.25, 0.3) is 0 Å². The number of thiocarbonyl (C=S) groups is 1. The highest BCUT2D eigenvalue weighted by atomic mass is 32.1. The zero-order valence-corrected chi connectivity index (χ0v) is 12.8. The average Bonchev–Trinajstić information content (AvgIpc) is 2.37. The van der Waals surface area contributed by atoms with Crippen molar-refractivity contribution in [2.24, 2.45) is 5.73 Å². The smallest absolute Gasteiger partial charge is 0.103 e. The van der Waals surface area contributed by atoms with Gasteiger partial charge in [-0.1, -0.05) is 12.2 Å². The molecule has 2 rings (SSSR count). The molecule has 0 radical (unpaired) electrons. The number of likely N-dealkylation sites (N-methyl/N-ethyl adjacent to an activating group) is 2. The lowest BCUT2D eigenvalue weighted by Crippen LogP contribution is -2.45. The molecule has 0 saturated carbocycles. The first-order valence-corrected chi connectivity index (χ1v) is 7.21. The molecule has 4 heteroatoms. The summed E-state index contributed by atoms with van der Waals surface area (Å²) in [5.74, 6) is 0. The van der Waals surface area contributed by atoms with Gasteiger partial charge >= 0.3 is 0 Å². The predicted molar refractivity (Wildman–Crippen MR) is 86.0 cm³/mol. The highest BCUT2D eigenvalue weighted by Gasteiger charge is 2.22. The summed E-state index contributed by atoms with van der Waals surface area (Å²) < 4.78 is 0. The Labute approximate surface area is 121 Å². The SMILES string of the molecule is Cc1cc(C(N)=S)ccc1N(C)C1CCCN(C)C1. The summed E-state index contributed by atoms with van der Waals surface area (Å²) in [6.45, 7) is 4.47. The van der Waals surface area contributed by atoms with E-state index in [1.165, 1.54) is 30.6 Å². The number of aryl methyl sites for hydroxylation is 1. The highest BCUT2D eigenvalue weighted by Crippen LogP contribution is 2.25. The number of benzene rings is 1. The lowest BCUT2D eigenvalue weighted by Gasteiger charge is -2.37. The van der Waals surface area contributed by atoms with E-state index in [0.29, 0.717) is 11.0 Å². The van der Waals surface area contributed by atoms with Crippen molar-refractivity contribution in [1.29, 1.82) is 0 Å². The van der Waals surface area contributed by atoms with Gasteiger partial charge in [-0.05, 0) is 57.1 Å². The van der Waals surface area contributed by atoms with E-state index in [-0.39, 0.29) is 0 Å². The standard InChI is InChI=1S/C15H23N3S/c1-11-9-12(15(16)19)6-7-14(11)18(3)13-5-4-8-17(2)10-13/h6-7,9,13H,4-5,8,10H2,1-3H3,(H2,16,19). The second-order valence-corrected chi connectivity index (χ2v) is 5.97. The molecule has 0 amide bonds. The molecule has 0 bridgehead atoms. The maximum Gasteiger partial charge on any atom is 0.103 e. The summed E-state index contributed by atoms with van der Waals surface area (Å²) in [5, 5.41) is 0. The van der Waals surface area contributed by atoms with Crippen molar-refractivity contribution in [3.63, 3.8) is 0 Å². The number of piperidine rings is 1. The molecule has 0 aliphatic carbocycles. The fourth-order valence-corrected chi connectivity index (χ4v) is 2.98. The monoisotopic (exact) mass is 277 g/mol. The van der Waals surface area contributed by atoms with Gasteiger partial charge in [0, 0.05) is 30.9 Å². The van der Waals surface area contributed by atoms with Crippen LogP contribution in [0, 0.1) is 6.92 Å². The van der Waals surface area contributed by atoms with Gasteiger partial charge in [0.1, 0.15) is 4.99 Å². The molecule has 2 N–H and O–H groups in total. The molecule has 0 spiro atoms. The predicted octanol–water partition coefficient (Wildman–Crippen LogP) is 2.16. The summed E-state index contributed by atoms with van der Waals surface area (Å²) in [6.07, 6.45) is 2.53. The topological polar surface area (TPSA) is 32.5 Å². The Hall–Kier alpha value is -1.13. The molecule has 1 aromatic carbocycles. The largest absolute Gasteiger partial charge is 0.389 e. The Morgan fingerprint density at radius 1 is 1.47 bits per heavy atom. The molecule has 1 saturated heterocycles. The van der Waals surface area contributed by atoms with Crippen molar-refractivity contribution in [2.45, 2.75) is 25.8 Å². The van der Waals surface area contributed by atoms with E-state index in [1.54, 1.807) is 0 Å². The first-order chi connectivity index (χ1) is 8.99. The van der Waals surface area contributed by atoms with E-state index in [2.05, 4.69) is 43.0 Å². The lowest BCUT2D eigenvalue weighted by molar-refractivity contribution is 0.248. The summed E-state index contributed by atoms with van der Waals surface area (Å²) in [7, 11) is 4.38. The number of anilines is 1. The molecule has 1 aromatic rings. The minimum Gasteiger partial charge on any atom is -0.389 e. The molecule has 104 valence electrons. The zero-order valence-electron chi connectivity index (χ0n) is 12.0. The minimum atomic E-state index is 0.467. The number of nitrogens with two attached hydrogens (primary N) is 1. The van der Waals surface area contributed by atoms with Crippen LogP contribution in [-0.4, -0.2) is 43.1 Å². The quantitative estimate of drug-likeness (QED) is 0.858. The Kier molecular flexibility index (Phi) is 4.42. The van der Waals surface area contributed by atoms with E-state index in [9.17, 15) is 0 Å². The van der Waals surface area contributed by atoms with E-state index in [1.807, 2.05) is 6.07 Å². The van der Waals surface area contributed by atoms with Crippen molar-refractivity contribution in [1.82, 2.24) is 4.90 Å². The maximum absolute atomic E-state index is 5.68. The van der Waals surface area contributed by atoms with E-state index in [4.69, 9.17) is 18.0 Å². The summed E-state index contributed by atoms with van der Waals surface area (Å²) in [5.41, 5.74) is 9.15. The minimum absolute atomic E-state index is 0.467. The summed E-state index contributed by atoms with van der Waals surface area (Å²) in [6, 6.07) is 6.83. The van der Waals surface area contributed by atoms with Crippen molar-refractivity contribution in [2.75, 3.05) is 32.1 Å². The number of nitrogens with zero attached hydrogens (tertiary/aromatic N) is 2. The third kappa shape index (κ3) is 3.25. The van der Waals surface area contributed by atoms with Crippen molar-refractivity contribution in [3.8, 4) is 0 Å². The van der Waals surface area contributed by atoms with Gasteiger partial charge in [-0.2, -0.15) is 0 Å². The molecular weight excluding hydrogens is 254 g/mol. The number of likely N-dealkylation sites (tertiary alicyclic amines) is 1. The van der Waals surface area contributed by atoms with Crippen LogP contribution in [0.2, 0.25) is 0 Å². The molecular formula is C15H23N3S. The van der Waals surface area contributed by atoms with Gasteiger partial charge in [-0.25, -0.2) is 0 Å². The Morgan fingerprint density at radius 3 is 2.79 bits per heavy atom. The third-order valence-corrected chi connectivity index (χ3v) is 4.24. The number of hydrogen-bond acceptors (Lipinski definition) is 3. The van der Waals surface area contributed by atoms with Crippen molar-refractivity contribution in [3.05, 3.63) is 29.3 Å². The fourth-order valence-electron chi connectivity index (χ4n) is 2.86. The van der Waals surface area contributed by atoms with Crippen LogP contribution in [0.4, 0.5) is 5.69 Å². The van der Waals surface area contributed by atoms with Crippen molar-refractivity contribution < 1.29 is 0 Å². The van der Waals surface area contributed by atoms with Gasteiger partial charge in [0.2, 0.25) is 0 Å². The Balaban J connectivity index is 2.19. The molecule has 1 atom stereocenters. The summed E-state index contributed by atoms with van der Waals surface area (Å²) >= 11 is 5.03. The van der Waals surface area contributed by atoms with Crippen LogP contribution in [0.5, 0.6) is 0 Å². The van der Waals surface area contributed by atoms with E-state index >= 15 is 0 Å². The van der Waals surface area contributed by atoms with Gasteiger partial charge in [0.25, 0.3) is 0 Å². The van der Waals surface area contributed by atoms with Gasteiger partial charge in [0.15, 0.2) is 0 Å².